The maximum absolute atomic E-state index is 5.95. The van der Waals surface area contributed by atoms with Crippen molar-refractivity contribution in [2.24, 2.45) is 0 Å². The Kier molecular flexibility index (Phi) is 3.17. The van der Waals surface area contributed by atoms with Gasteiger partial charge in [0.05, 0.1) is 0 Å². The number of anilines is 2. The molecule has 3 nitrogen and oxygen atoms in total. The van der Waals surface area contributed by atoms with Crippen molar-refractivity contribution >= 4 is 34.7 Å². The lowest BCUT2D eigenvalue weighted by Crippen LogP contribution is -1.89. The Morgan fingerprint density at radius 2 is 1.61 bits per heavy atom. The number of aromatic nitrogens is 1. The van der Waals surface area contributed by atoms with Gasteiger partial charge in [0.25, 0.3) is 0 Å². The Bertz CT molecular complexity index is 674. The molecule has 0 spiro atoms. The van der Waals surface area contributed by atoms with E-state index in [4.69, 9.17) is 11.5 Å². The number of benzene rings is 2. The first kappa shape index (κ1) is 12.3. The number of H-pyrrole nitrogens is 1. The molecule has 0 fully saturated rings. The SMILES string of the molecule is Cl.Nc1cc(N)c2cc(-c3ccccc3)[nH]c2c1. The number of nitrogen functional groups attached to an aromatic ring is 2. The summed E-state index contributed by atoms with van der Waals surface area (Å²) < 4.78 is 0. The van der Waals surface area contributed by atoms with Gasteiger partial charge in [-0.2, -0.15) is 0 Å². The highest BCUT2D eigenvalue weighted by molar-refractivity contribution is 5.97. The van der Waals surface area contributed by atoms with E-state index >= 15 is 0 Å². The number of fused-ring (bicyclic) bond motifs is 1. The molecule has 0 atom stereocenters. The summed E-state index contributed by atoms with van der Waals surface area (Å²) in [6.07, 6.45) is 0. The quantitative estimate of drug-likeness (QED) is 0.586. The minimum absolute atomic E-state index is 0. The third kappa shape index (κ3) is 2.00. The van der Waals surface area contributed by atoms with Crippen LogP contribution >= 0.6 is 12.4 Å². The van der Waals surface area contributed by atoms with E-state index in [0.717, 1.165) is 22.2 Å². The Labute approximate surface area is 111 Å². The van der Waals surface area contributed by atoms with Gasteiger partial charge in [-0.15, -0.1) is 12.4 Å². The summed E-state index contributed by atoms with van der Waals surface area (Å²) in [5, 5.41) is 1.01. The summed E-state index contributed by atoms with van der Waals surface area (Å²) in [6.45, 7) is 0. The van der Waals surface area contributed by atoms with Crippen LogP contribution < -0.4 is 11.5 Å². The van der Waals surface area contributed by atoms with Crippen molar-refractivity contribution in [3.05, 3.63) is 48.5 Å². The standard InChI is InChI=1S/C14H13N3.ClH/c15-10-6-12(16)11-8-13(17-14(11)7-10)9-4-2-1-3-5-9;/h1-8,17H,15-16H2;1H. The maximum Gasteiger partial charge on any atom is 0.0500 e. The van der Waals surface area contributed by atoms with Crippen LogP contribution in [0.4, 0.5) is 11.4 Å². The van der Waals surface area contributed by atoms with Crippen LogP contribution in [0.3, 0.4) is 0 Å². The molecular formula is C14H14ClN3. The zero-order valence-corrected chi connectivity index (χ0v) is 10.5. The minimum atomic E-state index is 0. The number of aromatic amines is 1. The summed E-state index contributed by atoms with van der Waals surface area (Å²) >= 11 is 0. The van der Waals surface area contributed by atoms with E-state index in [0.29, 0.717) is 11.4 Å². The summed E-state index contributed by atoms with van der Waals surface area (Å²) in [5.74, 6) is 0. The van der Waals surface area contributed by atoms with E-state index in [1.165, 1.54) is 0 Å². The van der Waals surface area contributed by atoms with Crippen molar-refractivity contribution in [1.82, 2.24) is 4.98 Å². The second-order valence-electron chi connectivity index (χ2n) is 4.12. The van der Waals surface area contributed by atoms with Crippen LogP contribution in [0.2, 0.25) is 0 Å². The van der Waals surface area contributed by atoms with Crippen LogP contribution in [0.1, 0.15) is 0 Å². The summed E-state index contributed by atoms with van der Waals surface area (Å²) in [7, 11) is 0. The zero-order chi connectivity index (χ0) is 11.8. The molecule has 1 aromatic heterocycles. The molecule has 5 N–H and O–H groups in total. The monoisotopic (exact) mass is 259 g/mol. The van der Waals surface area contributed by atoms with Crippen molar-refractivity contribution in [1.29, 1.82) is 0 Å². The average molecular weight is 260 g/mol. The molecule has 2 aromatic carbocycles. The molecule has 0 aliphatic carbocycles. The number of rotatable bonds is 1. The normalized spacial score (nSPS) is 10.2. The molecule has 0 saturated heterocycles. The van der Waals surface area contributed by atoms with E-state index in [-0.39, 0.29) is 12.4 Å². The van der Waals surface area contributed by atoms with Crippen LogP contribution in [0.15, 0.2) is 48.5 Å². The molecule has 0 unspecified atom stereocenters. The zero-order valence-electron chi connectivity index (χ0n) is 9.68. The van der Waals surface area contributed by atoms with Crippen molar-refractivity contribution in [3.8, 4) is 11.3 Å². The van der Waals surface area contributed by atoms with Crippen LogP contribution in [0.5, 0.6) is 0 Å². The fourth-order valence-electron chi connectivity index (χ4n) is 2.06. The molecule has 1 heterocycles. The summed E-state index contributed by atoms with van der Waals surface area (Å²) in [4.78, 5) is 3.33. The number of halogens is 1. The molecule has 4 heteroatoms. The second-order valence-corrected chi connectivity index (χ2v) is 4.12. The van der Waals surface area contributed by atoms with Gasteiger partial charge in [0.15, 0.2) is 0 Å². The molecule has 0 aliphatic rings. The van der Waals surface area contributed by atoms with Crippen LogP contribution in [0.25, 0.3) is 22.2 Å². The van der Waals surface area contributed by atoms with Gasteiger partial charge < -0.3 is 16.5 Å². The molecule has 3 aromatic rings. The minimum Gasteiger partial charge on any atom is -0.399 e. The molecule has 0 amide bonds. The maximum atomic E-state index is 5.95. The van der Waals surface area contributed by atoms with Gasteiger partial charge in [0.1, 0.15) is 0 Å². The Morgan fingerprint density at radius 3 is 2.33 bits per heavy atom. The lowest BCUT2D eigenvalue weighted by Gasteiger charge is -1.97. The first-order valence-corrected chi connectivity index (χ1v) is 5.47. The van der Waals surface area contributed by atoms with Gasteiger partial charge in [0, 0.05) is 28.0 Å². The molecule has 0 aliphatic heterocycles. The number of hydrogen-bond donors (Lipinski definition) is 3. The van der Waals surface area contributed by atoms with Gasteiger partial charge in [-0.3, -0.25) is 0 Å². The van der Waals surface area contributed by atoms with Gasteiger partial charge in [-0.25, -0.2) is 0 Å². The predicted octanol–water partition coefficient (Wildman–Crippen LogP) is 3.42. The van der Waals surface area contributed by atoms with Gasteiger partial charge in [0.2, 0.25) is 0 Å². The molecule has 0 bridgehead atoms. The highest BCUT2D eigenvalue weighted by atomic mass is 35.5. The van der Waals surface area contributed by atoms with Crippen LogP contribution in [-0.4, -0.2) is 4.98 Å². The second kappa shape index (κ2) is 4.63. The summed E-state index contributed by atoms with van der Waals surface area (Å²) in [6, 6.07) is 15.9. The first-order chi connectivity index (χ1) is 8.24. The highest BCUT2D eigenvalue weighted by Gasteiger charge is 2.06. The Balaban J connectivity index is 0.00000120. The van der Waals surface area contributed by atoms with Gasteiger partial charge >= 0.3 is 0 Å². The van der Waals surface area contributed by atoms with Gasteiger partial charge in [-0.1, -0.05) is 30.3 Å². The Morgan fingerprint density at radius 1 is 0.889 bits per heavy atom. The number of nitrogens with two attached hydrogens (primary N) is 2. The number of hydrogen-bond acceptors (Lipinski definition) is 2. The van der Waals surface area contributed by atoms with Crippen molar-refractivity contribution < 1.29 is 0 Å². The largest absolute Gasteiger partial charge is 0.399 e. The van der Waals surface area contributed by atoms with E-state index in [1.807, 2.05) is 24.3 Å². The molecule has 0 radical (unpaired) electrons. The molecule has 0 saturated carbocycles. The fraction of sp³-hybridized carbons (Fsp3) is 0. The smallest absolute Gasteiger partial charge is 0.0500 e. The highest BCUT2D eigenvalue weighted by Crippen LogP contribution is 2.29. The third-order valence-electron chi connectivity index (χ3n) is 2.88. The Hall–Kier alpha value is -2.13. The fourth-order valence-corrected chi connectivity index (χ4v) is 2.06. The van der Waals surface area contributed by atoms with Crippen molar-refractivity contribution in [3.63, 3.8) is 0 Å². The van der Waals surface area contributed by atoms with E-state index in [2.05, 4.69) is 23.2 Å². The molecular weight excluding hydrogens is 246 g/mol. The van der Waals surface area contributed by atoms with E-state index in [9.17, 15) is 0 Å². The third-order valence-corrected chi connectivity index (χ3v) is 2.88. The predicted molar refractivity (Wildman–Crippen MR) is 79.8 cm³/mol. The van der Waals surface area contributed by atoms with Crippen molar-refractivity contribution in [2.75, 3.05) is 11.5 Å². The topological polar surface area (TPSA) is 67.8 Å². The first-order valence-electron chi connectivity index (χ1n) is 5.47. The van der Waals surface area contributed by atoms with E-state index in [1.54, 1.807) is 6.07 Å². The van der Waals surface area contributed by atoms with Crippen LogP contribution in [-0.2, 0) is 0 Å². The lowest BCUT2D eigenvalue weighted by atomic mass is 10.1. The molecule has 92 valence electrons. The van der Waals surface area contributed by atoms with E-state index < -0.39 is 0 Å². The molecule has 18 heavy (non-hydrogen) atoms. The average Bonchev–Trinajstić information content (AvgIpc) is 2.74. The number of nitrogens with one attached hydrogen (secondary N) is 1. The lowest BCUT2D eigenvalue weighted by molar-refractivity contribution is 1.45. The van der Waals surface area contributed by atoms with Gasteiger partial charge in [-0.05, 0) is 23.8 Å². The molecule has 3 rings (SSSR count). The van der Waals surface area contributed by atoms with Crippen LogP contribution in [0, 0.1) is 0 Å². The van der Waals surface area contributed by atoms with Crippen molar-refractivity contribution in [2.45, 2.75) is 0 Å². The summed E-state index contributed by atoms with van der Waals surface area (Å²) in [5.41, 5.74) is 16.3.